The van der Waals surface area contributed by atoms with Gasteiger partial charge in [-0.25, -0.2) is 4.79 Å². The minimum atomic E-state index is -1.03. The van der Waals surface area contributed by atoms with E-state index in [1.54, 1.807) is 12.1 Å². The van der Waals surface area contributed by atoms with Crippen LogP contribution in [0.25, 0.3) is 0 Å². The van der Waals surface area contributed by atoms with Crippen LogP contribution in [-0.4, -0.2) is 20.9 Å². The van der Waals surface area contributed by atoms with E-state index in [9.17, 15) is 4.79 Å². The second kappa shape index (κ2) is 6.63. The number of anilines is 1. The highest BCUT2D eigenvalue weighted by Gasteiger charge is 2.10. The van der Waals surface area contributed by atoms with Crippen molar-refractivity contribution < 1.29 is 9.90 Å². The van der Waals surface area contributed by atoms with Crippen LogP contribution in [0.5, 0.6) is 0 Å². The van der Waals surface area contributed by atoms with E-state index in [2.05, 4.69) is 17.3 Å². The topological polar surface area (TPSA) is 67.2 Å². The molecule has 0 saturated carbocycles. The highest BCUT2D eigenvalue weighted by atomic mass is 35.5. The largest absolute Gasteiger partial charge is 0.478 e. The van der Waals surface area contributed by atoms with Gasteiger partial charge in [-0.15, -0.1) is 0 Å². The first-order valence-electron chi connectivity index (χ1n) is 6.81. The zero-order valence-corrected chi connectivity index (χ0v) is 12.8. The van der Waals surface area contributed by atoms with Gasteiger partial charge in [0, 0.05) is 30.0 Å². The minimum absolute atomic E-state index is 0.0973. The molecule has 0 aliphatic rings. The van der Waals surface area contributed by atoms with Gasteiger partial charge in [0.25, 0.3) is 0 Å². The predicted molar refractivity (Wildman–Crippen MR) is 83.0 cm³/mol. The first kappa shape index (κ1) is 15.4. The Hall–Kier alpha value is -2.01. The molecule has 5 nitrogen and oxygen atoms in total. The number of carboxylic acids is 1. The Kier molecular flexibility index (Phi) is 4.85. The summed E-state index contributed by atoms with van der Waals surface area (Å²) >= 11 is 5.85. The average molecular weight is 308 g/mol. The summed E-state index contributed by atoms with van der Waals surface area (Å²) < 4.78 is 1.97. The van der Waals surface area contributed by atoms with Crippen molar-refractivity contribution in [2.75, 3.05) is 5.32 Å². The van der Waals surface area contributed by atoms with E-state index in [0.29, 0.717) is 6.54 Å². The van der Waals surface area contributed by atoms with Crippen LogP contribution in [0.3, 0.4) is 0 Å². The molecule has 0 atom stereocenters. The number of rotatable bonds is 6. The third kappa shape index (κ3) is 3.55. The third-order valence-corrected chi connectivity index (χ3v) is 3.65. The molecule has 21 heavy (non-hydrogen) atoms. The van der Waals surface area contributed by atoms with Crippen molar-refractivity contribution in [1.82, 2.24) is 9.78 Å². The second-order valence-corrected chi connectivity index (χ2v) is 5.24. The molecule has 0 amide bonds. The molecule has 1 heterocycles. The summed E-state index contributed by atoms with van der Waals surface area (Å²) in [7, 11) is 0. The predicted octanol–water partition coefficient (Wildman–Crippen LogP) is 3.57. The number of hydrogen-bond donors (Lipinski definition) is 2. The lowest BCUT2D eigenvalue weighted by molar-refractivity contribution is 0.0697. The van der Waals surface area contributed by atoms with Gasteiger partial charge in [0.1, 0.15) is 0 Å². The van der Waals surface area contributed by atoms with E-state index in [0.717, 1.165) is 29.9 Å². The molecule has 2 N–H and O–H groups in total. The van der Waals surface area contributed by atoms with Crippen LogP contribution in [0.2, 0.25) is 5.02 Å². The monoisotopic (exact) mass is 307 g/mol. The van der Waals surface area contributed by atoms with Crippen LogP contribution in [-0.2, 0) is 13.1 Å². The first-order chi connectivity index (χ1) is 10.0. The van der Waals surface area contributed by atoms with Gasteiger partial charge in [-0.1, -0.05) is 18.5 Å². The maximum Gasteiger partial charge on any atom is 0.337 e. The molecule has 0 unspecified atom stereocenters. The molecule has 1 aromatic heterocycles. The normalized spacial score (nSPS) is 10.6. The smallest absolute Gasteiger partial charge is 0.337 e. The van der Waals surface area contributed by atoms with Gasteiger partial charge >= 0.3 is 5.97 Å². The molecule has 0 fully saturated rings. The third-order valence-electron chi connectivity index (χ3n) is 3.32. The highest BCUT2D eigenvalue weighted by Crippen LogP contribution is 2.21. The van der Waals surface area contributed by atoms with Gasteiger partial charge in [0.05, 0.1) is 16.8 Å². The van der Waals surface area contributed by atoms with Crippen molar-refractivity contribution >= 4 is 23.3 Å². The van der Waals surface area contributed by atoms with Gasteiger partial charge in [-0.3, -0.25) is 4.68 Å². The van der Waals surface area contributed by atoms with Gasteiger partial charge in [-0.2, -0.15) is 5.10 Å². The fourth-order valence-corrected chi connectivity index (χ4v) is 2.29. The summed E-state index contributed by atoms with van der Waals surface area (Å²) in [4.78, 5) is 11.1. The maximum absolute atomic E-state index is 11.1. The number of hydrogen-bond acceptors (Lipinski definition) is 3. The van der Waals surface area contributed by atoms with Crippen LogP contribution in [0, 0.1) is 6.92 Å². The number of aromatic nitrogens is 2. The van der Waals surface area contributed by atoms with Crippen molar-refractivity contribution in [3.8, 4) is 0 Å². The number of benzene rings is 1. The van der Waals surface area contributed by atoms with Crippen LogP contribution in [0.4, 0.5) is 5.69 Å². The van der Waals surface area contributed by atoms with Crippen LogP contribution >= 0.6 is 11.6 Å². The molecule has 1 aromatic carbocycles. The molecule has 2 rings (SSSR count). The molecule has 0 saturated heterocycles. The fraction of sp³-hybridized carbons (Fsp3) is 0.333. The number of aryl methyl sites for hydroxylation is 1. The highest BCUT2D eigenvalue weighted by molar-refractivity contribution is 6.33. The molecule has 6 heteroatoms. The van der Waals surface area contributed by atoms with E-state index >= 15 is 0 Å². The van der Waals surface area contributed by atoms with Crippen molar-refractivity contribution in [2.24, 2.45) is 0 Å². The molecular formula is C15H18ClN3O2. The van der Waals surface area contributed by atoms with Crippen molar-refractivity contribution in [2.45, 2.75) is 33.4 Å². The summed E-state index contributed by atoms with van der Waals surface area (Å²) in [5.41, 5.74) is 3.03. The lowest BCUT2D eigenvalue weighted by Gasteiger charge is -2.08. The van der Waals surface area contributed by atoms with Crippen molar-refractivity contribution in [3.05, 3.63) is 46.2 Å². The number of nitrogens with one attached hydrogen (secondary N) is 1. The Labute approximate surface area is 128 Å². The molecule has 0 spiro atoms. The lowest BCUT2D eigenvalue weighted by Crippen LogP contribution is -2.05. The Morgan fingerprint density at radius 1 is 1.48 bits per heavy atom. The van der Waals surface area contributed by atoms with Crippen molar-refractivity contribution in [3.63, 3.8) is 0 Å². The van der Waals surface area contributed by atoms with Crippen LogP contribution in [0.15, 0.2) is 24.4 Å². The van der Waals surface area contributed by atoms with E-state index in [-0.39, 0.29) is 10.6 Å². The molecule has 0 bridgehead atoms. The number of carboxylic acid groups (broad SMARTS) is 1. The number of carbonyl (C=O) groups is 1. The molecule has 0 aliphatic carbocycles. The van der Waals surface area contributed by atoms with Gasteiger partial charge in [0.15, 0.2) is 0 Å². The lowest BCUT2D eigenvalue weighted by atomic mass is 10.2. The number of aromatic carboxylic acids is 1. The van der Waals surface area contributed by atoms with Gasteiger partial charge in [0.2, 0.25) is 0 Å². The molecule has 2 aromatic rings. The Morgan fingerprint density at radius 3 is 2.90 bits per heavy atom. The molecule has 0 radical (unpaired) electrons. The number of nitrogens with zero attached hydrogens (tertiary/aromatic N) is 2. The summed E-state index contributed by atoms with van der Waals surface area (Å²) in [6.07, 6.45) is 2.88. The fourth-order valence-electron chi connectivity index (χ4n) is 2.09. The van der Waals surface area contributed by atoms with Gasteiger partial charge < -0.3 is 10.4 Å². The van der Waals surface area contributed by atoms with Crippen molar-refractivity contribution in [1.29, 1.82) is 0 Å². The standard InChI is InChI=1S/C15H18ClN3O2/c1-3-6-19-10(2)11(9-18-19)8-17-12-4-5-14(16)13(7-12)15(20)21/h4-5,7,9,17H,3,6,8H2,1-2H3,(H,20,21). The SMILES string of the molecule is CCCn1ncc(CNc2ccc(Cl)c(C(=O)O)c2)c1C. The van der Waals surface area contributed by atoms with Crippen LogP contribution in [0.1, 0.15) is 35.0 Å². The summed E-state index contributed by atoms with van der Waals surface area (Å²) in [5.74, 6) is -1.03. The zero-order valence-electron chi connectivity index (χ0n) is 12.1. The zero-order chi connectivity index (χ0) is 15.4. The van der Waals surface area contributed by atoms with E-state index < -0.39 is 5.97 Å². The number of halogens is 1. The average Bonchev–Trinajstić information content (AvgIpc) is 2.79. The Balaban J connectivity index is 2.10. The Morgan fingerprint density at radius 2 is 2.24 bits per heavy atom. The second-order valence-electron chi connectivity index (χ2n) is 4.83. The van der Waals surface area contributed by atoms with E-state index in [1.165, 1.54) is 6.07 Å². The molecule has 112 valence electrons. The summed E-state index contributed by atoms with van der Waals surface area (Å²) in [6.45, 7) is 5.64. The molecule has 0 aliphatic heterocycles. The minimum Gasteiger partial charge on any atom is -0.478 e. The Bertz CT molecular complexity index is 652. The van der Waals surface area contributed by atoms with E-state index in [1.807, 2.05) is 17.8 Å². The molecular weight excluding hydrogens is 290 g/mol. The van der Waals surface area contributed by atoms with Gasteiger partial charge in [-0.05, 0) is 31.5 Å². The summed E-state index contributed by atoms with van der Waals surface area (Å²) in [6, 6.07) is 4.89. The quantitative estimate of drug-likeness (QED) is 0.856. The summed E-state index contributed by atoms with van der Waals surface area (Å²) in [5, 5.41) is 16.8. The van der Waals surface area contributed by atoms with Crippen LogP contribution < -0.4 is 5.32 Å². The first-order valence-corrected chi connectivity index (χ1v) is 7.18. The maximum atomic E-state index is 11.1. The van der Waals surface area contributed by atoms with E-state index in [4.69, 9.17) is 16.7 Å².